The van der Waals surface area contributed by atoms with Crippen LogP contribution in [0.3, 0.4) is 0 Å². The molecule has 1 aromatic rings. The highest BCUT2D eigenvalue weighted by atomic mass is 32.2. The second kappa shape index (κ2) is 6.71. The highest BCUT2D eigenvalue weighted by molar-refractivity contribution is 7.89. The number of nitrogens with one attached hydrogen (secondary N) is 2. The molecule has 2 rings (SSSR count). The Hall–Kier alpha value is -0.890. The Morgan fingerprint density at radius 3 is 2.80 bits per heavy atom. The van der Waals surface area contributed by atoms with Crippen LogP contribution >= 0.6 is 0 Å². The van der Waals surface area contributed by atoms with Crippen molar-refractivity contribution >= 4 is 10.0 Å². The van der Waals surface area contributed by atoms with Crippen molar-refractivity contribution in [3.63, 3.8) is 0 Å². The van der Waals surface area contributed by atoms with Gasteiger partial charge in [-0.25, -0.2) is 13.1 Å². The van der Waals surface area contributed by atoms with Crippen molar-refractivity contribution in [3.05, 3.63) is 18.0 Å². The van der Waals surface area contributed by atoms with E-state index in [2.05, 4.69) is 14.6 Å². The highest BCUT2D eigenvalue weighted by Crippen LogP contribution is 2.37. The lowest BCUT2D eigenvalue weighted by Gasteiger charge is -2.07. The molecule has 0 spiro atoms. The molecule has 1 aliphatic rings. The van der Waals surface area contributed by atoms with Gasteiger partial charge in [-0.15, -0.1) is 0 Å². The fourth-order valence-electron chi connectivity index (χ4n) is 2.09. The van der Waals surface area contributed by atoms with Gasteiger partial charge in [0.15, 0.2) is 0 Å². The van der Waals surface area contributed by atoms with Crippen LogP contribution in [-0.2, 0) is 21.3 Å². The van der Waals surface area contributed by atoms with Crippen molar-refractivity contribution in [2.45, 2.75) is 37.2 Å². The summed E-state index contributed by atoms with van der Waals surface area (Å²) in [5.74, 6) is 0. The average Bonchev–Trinajstić information content (AvgIpc) is 3.16. The van der Waals surface area contributed by atoms with Crippen LogP contribution in [0.2, 0.25) is 0 Å². The molecular formula is C13H23N3O3S. The van der Waals surface area contributed by atoms with Crippen LogP contribution < -0.4 is 10.0 Å². The zero-order valence-electron chi connectivity index (χ0n) is 12.1. The van der Waals surface area contributed by atoms with Crippen LogP contribution in [0.25, 0.3) is 0 Å². The van der Waals surface area contributed by atoms with E-state index in [4.69, 9.17) is 4.74 Å². The first-order valence-electron chi connectivity index (χ1n) is 6.98. The summed E-state index contributed by atoms with van der Waals surface area (Å²) in [5.41, 5.74) is 1.03. The summed E-state index contributed by atoms with van der Waals surface area (Å²) in [5, 5.41) is 3.25. The summed E-state index contributed by atoms with van der Waals surface area (Å²) in [6.07, 6.45) is 4.01. The third-order valence-corrected chi connectivity index (χ3v) is 4.74. The van der Waals surface area contributed by atoms with E-state index in [9.17, 15) is 8.42 Å². The summed E-state index contributed by atoms with van der Waals surface area (Å²) in [6.45, 7) is 4.25. The van der Waals surface area contributed by atoms with Gasteiger partial charge in [0, 0.05) is 38.1 Å². The van der Waals surface area contributed by atoms with Crippen molar-refractivity contribution in [1.29, 1.82) is 0 Å². The van der Waals surface area contributed by atoms with Gasteiger partial charge in [0.2, 0.25) is 10.0 Å². The predicted octanol–water partition coefficient (Wildman–Crippen LogP) is 0.857. The standard InChI is InChI=1S/C13H23N3O3S/c1-3-14-9-12-8-13(10-16(12)11-4-5-11)20(17,18)15-6-7-19-2/h8,10-11,14-15H,3-7,9H2,1-2H3. The summed E-state index contributed by atoms with van der Waals surface area (Å²) in [6, 6.07) is 2.22. The summed E-state index contributed by atoms with van der Waals surface area (Å²) < 4.78 is 33.9. The van der Waals surface area contributed by atoms with E-state index < -0.39 is 10.0 Å². The number of aromatic nitrogens is 1. The van der Waals surface area contributed by atoms with Crippen LogP contribution in [0.1, 0.15) is 31.5 Å². The van der Waals surface area contributed by atoms with Gasteiger partial charge in [0.25, 0.3) is 0 Å². The van der Waals surface area contributed by atoms with Gasteiger partial charge in [-0.2, -0.15) is 0 Å². The highest BCUT2D eigenvalue weighted by Gasteiger charge is 2.27. The van der Waals surface area contributed by atoms with E-state index in [-0.39, 0.29) is 6.54 Å². The SMILES string of the molecule is CCNCc1cc(S(=O)(=O)NCCOC)cn1C1CC1. The molecule has 1 saturated carbocycles. The van der Waals surface area contributed by atoms with Crippen molar-refractivity contribution in [1.82, 2.24) is 14.6 Å². The number of hydrogen-bond donors (Lipinski definition) is 2. The number of methoxy groups -OCH3 is 1. The van der Waals surface area contributed by atoms with Crippen LogP contribution in [0.4, 0.5) is 0 Å². The van der Waals surface area contributed by atoms with E-state index in [1.54, 1.807) is 19.4 Å². The Kier molecular flexibility index (Phi) is 5.20. The molecule has 0 amide bonds. The lowest BCUT2D eigenvalue weighted by atomic mass is 10.4. The molecule has 0 radical (unpaired) electrons. The minimum absolute atomic E-state index is 0.288. The Morgan fingerprint density at radius 1 is 1.45 bits per heavy atom. The summed E-state index contributed by atoms with van der Waals surface area (Å²) in [7, 11) is -1.90. The van der Waals surface area contributed by atoms with E-state index >= 15 is 0 Å². The van der Waals surface area contributed by atoms with E-state index in [0.717, 1.165) is 25.1 Å². The molecule has 0 bridgehead atoms. The molecule has 1 aliphatic carbocycles. The largest absolute Gasteiger partial charge is 0.383 e. The maximum atomic E-state index is 12.2. The van der Waals surface area contributed by atoms with Gasteiger partial charge in [0.05, 0.1) is 11.5 Å². The Balaban J connectivity index is 2.14. The molecule has 6 nitrogen and oxygen atoms in total. The first kappa shape index (κ1) is 15.5. The van der Waals surface area contributed by atoms with Gasteiger partial charge in [-0.05, 0) is 25.5 Å². The third kappa shape index (κ3) is 3.82. The summed E-state index contributed by atoms with van der Waals surface area (Å²) >= 11 is 0. The van der Waals surface area contributed by atoms with Gasteiger partial charge >= 0.3 is 0 Å². The van der Waals surface area contributed by atoms with E-state index in [0.29, 0.717) is 24.1 Å². The number of ether oxygens (including phenoxy) is 1. The Bertz CT molecular complexity index is 535. The topological polar surface area (TPSA) is 72.4 Å². The summed E-state index contributed by atoms with van der Waals surface area (Å²) in [4.78, 5) is 0.341. The van der Waals surface area contributed by atoms with Crippen molar-refractivity contribution in [3.8, 4) is 0 Å². The van der Waals surface area contributed by atoms with Gasteiger partial charge in [-0.1, -0.05) is 6.92 Å². The van der Waals surface area contributed by atoms with Gasteiger partial charge in [-0.3, -0.25) is 0 Å². The maximum Gasteiger partial charge on any atom is 0.242 e. The van der Waals surface area contributed by atoms with Crippen molar-refractivity contribution in [2.75, 3.05) is 26.8 Å². The van der Waals surface area contributed by atoms with Crippen molar-refractivity contribution < 1.29 is 13.2 Å². The number of rotatable bonds is 9. The molecule has 2 N–H and O–H groups in total. The van der Waals surface area contributed by atoms with Crippen LogP contribution in [0.15, 0.2) is 17.2 Å². The molecule has 0 aromatic carbocycles. The molecule has 114 valence electrons. The van der Waals surface area contributed by atoms with Crippen LogP contribution in [0.5, 0.6) is 0 Å². The van der Waals surface area contributed by atoms with Crippen LogP contribution in [0, 0.1) is 0 Å². The first-order chi connectivity index (χ1) is 9.58. The van der Waals surface area contributed by atoms with Crippen LogP contribution in [-0.4, -0.2) is 39.8 Å². The maximum absolute atomic E-state index is 12.2. The number of nitrogens with zero attached hydrogens (tertiary/aromatic N) is 1. The minimum atomic E-state index is -3.44. The molecule has 0 aliphatic heterocycles. The van der Waals surface area contributed by atoms with E-state index in [1.165, 1.54) is 0 Å². The monoisotopic (exact) mass is 301 g/mol. The van der Waals surface area contributed by atoms with Gasteiger partial charge < -0.3 is 14.6 Å². The molecule has 0 unspecified atom stereocenters. The molecule has 20 heavy (non-hydrogen) atoms. The van der Waals surface area contributed by atoms with Gasteiger partial charge in [0.1, 0.15) is 0 Å². The molecule has 0 atom stereocenters. The zero-order chi connectivity index (χ0) is 14.6. The molecule has 1 aromatic heterocycles. The quantitative estimate of drug-likeness (QED) is 0.664. The molecule has 0 saturated heterocycles. The smallest absolute Gasteiger partial charge is 0.242 e. The molecule has 1 fully saturated rings. The third-order valence-electron chi connectivity index (χ3n) is 3.31. The Labute approximate surface area is 120 Å². The molecule has 7 heteroatoms. The molecular weight excluding hydrogens is 278 g/mol. The lowest BCUT2D eigenvalue weighted by Crippen LogP contribution is -2.26. The number of hydrogen-bond acceptors (Lipinski definition) is 4. The zero-order valence-corrected chi connectivity index (χ0v) is 12.9. The lowest BCUT2D eigenvalue weighted by molar-refractivity contribution is 0.204. The minimum Gasteiger partial charge on any atom is -0.383 e. The predicted molar refractivity (Wildman–Crippen MR) is 77.1 cm³/mol. The second-order valence-corrected chi connectivity index (χ2v) is 6.74. The average molecular weight is 301 g/mol. The van der Waals surface area contributed by atoms with Crippen molar-refractivity contribution in [2.24, 2.45) is 0 Å². The number of sulfonamides is 1. The fourth-order valence-corrected chi connectivity index (χ4v) is 3.15. The Morgan fingerprint density at radius 2 is 2.20 bits per heavy atom. The molecule has 1 heterocycles. The van der Waals surface area contributed by atoms with E-state index in [1.807, 2.05) is 6.92 Å². The first-order valence-corrected chi connectivity index (χ1v) is 8.47. The normalized spacial score (nSPS) is 15.7. The fraction of sp³-hybridized carbons (Fsp3) is 0.692. The second-order valence-electron chi connectivity index (χ2n) is 4.98.